The Kier molecular flexibility index (Phi) is 5.15. The first-order valence-electron chi connectivity index (χ1n) is 11.0. The first-order chi connectivity index (χ1) is 14.7. The molecule has 0 N–H and O–H groups in total. The summed E-state index contributed by atoms with van der Waals surface area (Å²) < 4.78 is 17.0. The van der Waals surface area contributed by atoms with Gasteiger partial charge in [-0.15, -0.1) is 0 Å². The standard InChI is InChI=1S/C25H29NO4/c1-28-23-14-18(9-10-22(23)30-17-21-8-5-13-29-21)24(27)26-12-11-25(15-20(26)16-25)19-6-3-2-4-7-19/h2-4,6-7,9-10,14,20-21H,5,8,11-13,15-17H2,1H3. The summed E-state index contributed by atoms with van der Waals surface area (Å²) in [5.74, 6) is 1.35. The van der Waals surface area contributed by atoms with Gasteiger partial charge >= 0.3 is 0 Å². The zero-order valence-electron chi connectivity index (χ0n) is 17.5. The molecular formula is C25H29NO4. The topological polar surface area (TPSA) is 48.0 Å². The van der Waals surface area contributed by atoms with Crippen LogP contribution in [0.25, 0.3) is 0 Å². The number of amides is 1. The van der Waals surface area contributed by atoms with Gasteiger partial charge in [-0.05, 0) is 55.9 Å². The molecule has 158 valence electrons. The number of fused-ring (bicyclic) bond motifs is 2. The second-order valence-electron chi connectivity index (χ2n) is 8.77. The summed E-state index contributed by atoms with van der Waals surface area (Å²) in [4.78, 5) is 15.3. The van der Waals surface area contributed by atoms with Crippen LogP contribution in [-0.4, -0.2) is 49.8 Å². The molecule has 4 aliphatic rings. The highest BCUT2D eigenvalue weighted by Crippen LogP contribution is 2.52. The third-order valence-electron chi connectivity index (χ3n) is 7.03. The molecule has 1 unspecified atom stereocenters. The normalized spacial score (nSPS) is 27.4. The number of piperidine rings is 2. The molecule has 2 aromatic carbocycles. The molecule has 1 aliphatic carbocycles. The molecule has 3 saturated heterocycles. The van der Waals surface area contributed by atoms with E-state index in [4.69, 9.17) is 14.2 Å². The Morgan fingerprint density at radius 3 is 2.67 bits per heavy atom. The Morgan fingerprint density at radius 2 is 2.00 bits per heavy atom. The van der Waals surface area contributed by atoms with E-state index >= 15 is 0 Å². The van der Waals surface area contributed by atoms with E-state index in [1.165, 1.54) is 5.56 Å². The number of rotatable bonds is 6. The Balaban J connectivity index is 1.25. The van der Waals surface area contributed by atoms with E-state index in [9.17, 15) is 4.79 Å². The lowest BCUT2D eigenvalue weighted by Crippen LogP contribution is -2.61. The number of nitrogens with zero attached hydrogens (tertiary/aromatic N) is 1. The molecule has 0 aromatic heterocycles. The van der Waals surface area contributed by atoms with Gasteiger partial charge in [0.25, 0.3) is 5.91 Å². The van der Waals surface area contributed by atoms with Crippen LogP contribution in [0.4, 0.5) is 0 Å². The monoisotopic (exact) mass is 407 g/mol. The molecule has 2 bridgehead atoms. The van der Waals surface area contributed by atoms with Gasteiger partial charge in [-0.25, -0.2) is 0 Å². The molecule has 1 saturated carbocycles. The Morgan fingerprint density at radius 1 is 1.17 bits per heavy atom. The van der Waals surface area contributed by atoms with Crippen molar-refractivity contribution >= 4 is 5.91 Å². The number of ether oxygens (including phenoxy) is 3. The van der Waals surface area contributed by atoms with Crippen LogP contribution >= 0.6 is 0 Å². The number of benzene rings is 2. The lowest BCUT2D eigenvalue weighted by atomic mass is 9.57. The smallest absolute Gasteiger partial charge is 0.254 e. The van der Waals surface area contributed by atoms with Crippen LogP contribution in [0, 0.1) is 0 Å². The molecule has 5 heteroatoms. The lowest BCUT2D eigenvalue weighted by Gasteiger charge is -2.58. The molecule has 4 fully saturated rings. The van der Waals surface area contributed by atoms with Crippen LogP contribution in [0.1, 0.15) is 48.0 Å². The summed E-state index contributed by atoms with van der Waals surface area (Å²) in [5, 5.41) is 0. The van der Waals surface area contributed by atoms with Gasteiger partial charge in [0.05, 0.1) is 13.2 Å². The number of carbonyl (C=O) groups excluding carboxylic acids is 1. The van der Waals surface area contributed by atoms with Crippen molar-refractivity contribution in [2.45, 2.75) is 49.7 Å². The maximum absolute atomic E-state index is 13.2. The van der Waals surface area contributed by atoms with E-state index < -0.39 is 0 Å². The van der Waals surface area contributed by atoms with Crippen LogP contribution in [0.5, 0.6) is 11.5 Å². The van der Waals surface area contributed by atoms with Crippen molar-refractivity contribution in [2.24, 2.45) is 0 Å². The predicted molar refractivity (Wildman–Crippen MR) is 114 cm³/mol. The van der Waals surface area contributed by atoms with E-state index in [1.807, 2.05) is 23.1 Å². The number of carbonyl (C=O) groups is 1. The highest BCUT2D eigenvalue weighted by molar-refractivity contribution is 5.95. The lowest BCUT2D eigenvalue weighted by molar-refractivity contribution is -0.00435. The van der Waals surface area contributed by atoms with Gasteiger partial charge in [0.15, 0.2) is 11.5 Å². The molecule has 6 rings (SSSR count). The summed E-state index contributed by atoms with van der Waals surface area (Å²) in [6, 6.07) is 16.6. The van der Waals surface area contributed by atoms with Gasteiger partial charge in [0, 0.05) is 30.2 Å². The maximum Gasteiger partial charge on any atom is 0.254 e. The summed E-state index contributed by atoms with van der Waals surface area (Å²) in [7, 11) is 1.61. The molecular weight excluding hydrogens is 378 g/mol. The minimum absolute atomic E-state index is 0.0883. The van der Waals surface area contributed by atoms with Crippen LogP contribution in [0.3, 0.4) is 0 Å². The van der Waals surface area contributed by atoms with Gasteiger partial charge in [-0.3, -0.25) is 4.79 Å². The predicted octanol–water partition coefficient (Wildman–Crippen LogP) is 4.20. The molecule has 0 spiro atoms. The van der Waals surface area contributed by atoms with Gasteiger partial charge in [0.1, 0.15) is 6.61 Å². The van der Waals surface area contributed by atoms with E-state index in [0.717, 1.165) is 45.3 Å². The summed E-state index contributed by atoms with van der Waals surface area (Å²) >= 11 is 0. The molecule has 1 amide bonds. The SMILES string of the molecule is COc1cc(C(=O)N2CCC3(c4ccccc4)CC2C3)ccc1OCC1CCCO1. The minimum Gasteiger partial charge on any atom is -0.493 e. The van der Waals surface area contributed by atoms with Crippen LogP contribution in [-0.2, 0) is 10.2 Å². The Labute approximate surface area is 177 Å². The van der Waals surface area contributed by atoms with Gasteiger partial charge in [-0.1, -0.05) is 30.3 Å². The average molecular weight is 408 g/mol. The third kappa shape index (κ3) is 3.45. The number of hydrogen-bond donors (Lipinski definition) is 0. The molecule has 3 aliphatic heterocycles. The average Bonchev–Trinajstić information content (AvgIpc) is 3.30. The van der Waals surface area contributed by atoms with Crippen LogP contribution in [0.2, 0.25) is 0 Å². The van der Waals surface area contributed by atoms with Gasteiger partial charge in [0.2, 0.25) is 0 Å². The fraction of sp³-hybridized carbons (Fsp3) is 0.480. The Hall–Kier alpha value is -2.53. The van der Waals surface area contributed by atoms with Crippen LogP contribution < -0.4 is 9.47 Å². The molecule has 0 radical (unpaired) electrons. The largest absolute Gasteiger partial charge is 0.493 e. The van der Waals surface area contributed by atoms with Crippen molar-refractivity contribution < 1.29 is 19.0 Å². The second kappa shape index (κ2) is 7.95. The Bertz CT molecular complexity index is 895. The third-order valence-corrected chi connectivity index (χ3v) is 7.03. The molecule has 30 heavy (non-hydrogen) atoms. The highest BCUT2D eigenvalue weighted by atomic mass is 16.5. The van der Waals surface area contributed by atoms with Gasteiger partial charge < -0.3 is 19.1 Å². The summed E-state index contributed by atoms with van der Waals surface area (Å²) in [6.07, 6.45) is 5.40. The van der Waals surface area contributed by atoms with Crippen LogP contribution in [0.15, 0.2) is 48.5 Å². The van der Waals surface area contributed by atoms with Crippen molar-refractivity contribution in [2.75, 3.05) is 26.9 Å². The fourth-order valence-corrected chi connectivity index (χ4v) is 5.27. The van der Waals surface area contributed by atoms with E-state index in [-0.39, 0.29) is 17.4 Å². The van der Waals surface area contributed by atoms with Crippen molar-refractivity contribution in [1.29, 1.82) is 0 Å². The zero-order valence-corrected chi connectivity index (χ0v) is 17.5. The van der Waals surface area contributed by atoms with E-state index in [2.05, 4.69) is 30.3 Å². The zero-order chi connectivity index (χ0) is 20.6. The first kappa shape index (κ1) is 19.4. The quantitative estimate of drug-likeness (QED) is 0.720. The van der Waals surface area contributed by atoms with E-state index in [1.54, 1.807) is 7.11 Å². The molecule has 2 aromatic rings. The minimum atomic E-state index is 0.0883. The summed E-state index contributed by atoms with van der Waals surface area (Å²) in [6.45, 7) is 2.12. The maximum atomic E-state index is 13.2. The van der Waals surface area contributed by atoms with Gasteiger partial charge in [-0.2, -0.15) is 0 Å². The van der Waals surface area contributed by atoms with E-state index in [0.29, 0.717) is 29.7 Å². The van der Waals surface area contributed by atoms with Crippen molar-refractivity contribution in [1.82, 2.24) is 4.90 Å². The molecule has 1 atom stereocenters. The van der Waals surface area contributed by atoms with Crippen molar-refractivity contribution in [3.8, 4) is 11.5 Å². The number of methoxy groups -OCH3 is 1. The first-order valence-corrected chi connectivity index (χ1v) is 11.0. The van der Waals surface area contributed by atoms with Crippen molar-refractivity contribution in [3.63, 3.8) is 0 Å². The summed E-state index contributed by atoms with van der Waals surface area (Å²) in [5.41, 5.74) is 2.35. The fourth-order valence-electron chi connectivity index (χ4n) is 5.27. The van der Waals surface area contributed by atoms with Crippen molar-refractivity contribution in [3.05, 3.63) is 59.7 Å². The highest BCUT2D eigenvalue weighted by Gasteiger charge is 2.52. The molecule has 3 heterocycles. The number of hydrogen-bond acceptors (Lipinski definition) is 4. The molecule has 5 nitrogen and oxygen atoms in total. The second-order valence-corrected chi connectivity index (χ2v) is 8.77.